The molecular formula is C20H21ClN2O4S. The number of benzene rings is 2. The molecule has 0 atom stereocenters. The van der Waals surface area contributed by atoms with E-state index in [2.05, 4.69) is 5.32 Å². The Hall–Kier alpha value is -2.35. The van der Waals surface area contributed by atoms with Crippen molar-refractivity contribution in [2.24, 2.45) is 0 Å². The molecule has 1 heterocycles. The highest BCUT2D eigenvalue weighted by Crippen LogP contribution is 2.30. The van der Waals surface area contributed by atoms with Crippen LogP contribution in [-0.4, -0.2) is 39.3 Å². The zero-order valence-corrected chi connectivity index (χ0v) is 17.6. The highest BCUT2D eigenvalue weighted by Gasteiger charge is 2.22. The maximum absolute atomic E-state index is 12.8. The van der Waals surface area contributed by atoms with E-state index in [-0.39, 0.29) is 17.4 Å². The number of halogens is 1. The van der Waals surface area contributed by atoms with Crippen molar-refractivity contribution in [3.8, 4) is 5.75 Å². The summed E-state index contributed by atoms with van der Waals surface area (Å²) < 4.78 is 31.7. The first-order chi connectivity index (χ1) is 13.1. The number of carbonyl (C=O) groups excluding carboxylic acids is 1. The standard InChI is InChI=1S/C20H21ClN2O4S/c1-12-7-17(28(25,26)23(3)4)10-18(13(12)2)22-20(24)15-8-14-9-16(21)5-6-19(14)27-11-15/h5-10H,11H2,1-4H3,(H,22,24). The van der Waals surface area contributed by atoms with E-state index in [9.17, 15) is 13.2 Å². The molecule has 28 heavy (non-hydrogen) atoms. The molecule has 0 unspecified atom stereocenters. The first-order valence-electron chi connectivity index (χ1n) is 8.57. The van der Waals surface area contributed by atoms with Crippen molar-refractivity contribution in [1.29, 1.82) is 0 Å². The second kappa shape index (κ2) is 7.58. The lowest BCUT2D eigenvalue weighted by Crippen LogP contribution is -2.24. The quantitative estimate of drug-likeness (QED) is 0.819. The van der Waals surface area contributed by atoms with E-state index in [0.29, 0.717) is 22.0 Å². The van der Waals surface area contributed by atoms with Crippen LogP contribution in [0.3, 0.4) is 0 Å². The van der Waals surface area contributed by atoms with Crippen LogP contribution in [0.25, 0.3) is 6.08 Å². The van der Waals surface area contributed by atoms with Crippen molar-refractivity contribution in [3.63, 3.8) is 0 Å². The molecule has 0 spiro atoms. The van der Waals surface area contributed by atoms with Crippen LogP contribution in [0, 0.1) is 13.8 Å². The zero-order chi connectivity index (χ0) is 20.6. The number of fused-ring (bicyclic) bond motifs is 1. The average molecular weight is 421 g/mol. The summed E-state index contributed by atoms with van der Waals surface area (Å²) in [5, 5.41) is 3.36. The summed E-state index contributed by atoms with van der Waals surface area (Å²) in [5.41, 5.74) is 3.16. The van der Waals surface area contributed by atoms with E-state index in [1.54, 1.807) is 37.3 Å². The molecule has 148 valence electrons. The summed E-state index contributed by atoms with van der Waals surface area (Å²) in [6.07, 6.45) is 1.72. The lowest BCUT2D eigenvalue weighted by molar-refractivity contribution is -0.113. The third kappa shape index (κ3) is 3.92. The summed E-state index contributed by atoms with van der Waals surface area (Å²) in [6.45, 7) is 3.76. The Bertz CT molecular complexity index is 1090. The van der Waals surface area contributed by atoms with Gasteiger partial charge in [0, 0.05) is 30.4 Å². The number of aryl methyl sites for hydroxylation is 1. The second-order valence-electron chi connectivity index (χ2n) is 6.79. The summed E-state index contributed by atoms with van der Waals surface area (Å²) in [6, 6.07) is 8.28. The largest absolute Gasteiger partial charge is 0.488 e. The van der Waals surface area contributed by atoms with Gasteiger partial charge in [-0.1, -0.05) is 11.6 Å². The Balaban J connectivity index is 1.94. The predicted molar refractivity (Wildman–Crippen MR) is 110 cm³/mol. The second-order valence-corrected chi connectivity index (χ2v) is 9.38. The fraction of sp³-hybridized carbons (Fsp3) is 0.250. The highest BCUT2D eigenvalue weighted by molar-refractivity contribution is 7.89. The lowest BCUT2D eigenvalue weighted by Gasteiger charge is -2.19. The molecule has 1 aliphatic heterocycles. The minimum Gasteiger partial charge on any atom is -0.488 e. The maximum atomic E-state index is 12.8. The third-order valence-electron chi connectivity index (χ3n) is 4.64. The van der Waals surface area contributed by atoms with E-state index >= 15 is 0 Å². The monoisotopic (exact) mass is 420 g/mol. The van der Waals surface area contributed by atoms with Gasteiger partial charge in [-0.15, -0.1) is 0 Å². The fourth-order valence-corrected chi connectivity index (χ4v) is 3.99. The summed E-state index contributed by atoms with van der Waals surface area (Å²) in [4.78, 5) is 12.9. The molecule has 0 fully saturated rings. The molecule has 6 nitrogen and oxygen atoms in total. The molecule has 0 saturated heterocycles. The van der Waals surface area contributed by atoms with Crippen molar-refractivity contribution < 1.29 is 17.9 Å². The van der Waals surface area contributed by atoms with Crippen LogP contribution in [-0.2, 0) is 14.8 Å². The van der Waals surface area contributed by atoms with Crippen molar-refractivity contribution in [1.82, 2.24) is 4.31 Å². The van der Waals surface area contributed by atoms with Gasteiger partial charge in [-0.3, -0.25) is 4.79 Å². The predicted octanol–water partition coefficient (Wildman–Crippen LogP) is 3.62. The third-order valence-corrected chi connectivity index (χ3v) is 6.67. The minimum atomic E-state index is -3.62. The van der Waals surface area contributed by atoms with Crippen LogP contribution >= 0.6 is 11.6 Å². The molecular weight excluding hydrogens is 400 g/mol. The SMILES string of the molecule is Cc1cc(S(=O)(=O)N(C)C)cc(NC(=O)C2=Cc3cc(Cl)ccc3OC2)c1C. The normalized spacial score (nSPS) is 13.6. The van der Waals surface area contributed by atoms with Gasteiger partial charge in [-0.2, -0.15) is 0 Å². The molecule has 0 radical (unpaired) electrons. The number of carbonyl (C=O) groups is 1. The number of hydrogen-bond donors (Lipinski definition) is 1. The summed E-state index contributed by atoms with van der Waals surface area (Å²) in [5.74, 6) is 0.305. The van der Waals surface area contributed by atoms with Crippen molar-refractivity contribution >= 4 is 39.3 Å². The first-order valence-corrected chi connectivity index (χ1v) is 10.4. The van der Waals surface area contributed by atoms with Crippen molar-refractivity contribution in [3.05, 3.63) is 57.6 Å². The van der Waals surface area contributed by atoms with E-state index in [4.69, 9.17) is 16.3 Å². The number of anilines is 1. The average Bonchev–Trinajstić information content (AvgIpc) is 2.64. The molecule has 8 heteroatoms. The van der Waals surface area contributed by atoms with E-state index in [1.807, 2.05) is 6.92 Å². The van der Waals surface area contributed by atoms with Gasteiger partial charge in [-0.25, -0.2) is 12.7 Å². The van der Waals surface area contributed by atoms with Crippen molar-refractivity contribution in [2.45, 2.75) is 18.7 Å². The van der Waals surface area contributed by atoms with Crippen LogP contribution in [0.4, 0.5) is 5.69 Å². The van der Waals surface area contributed by atoms with Gasteiger partial charge in [-0.05, 0) is 61.4 Å². The van der Waals surface area contributed by atoms with Crippen LogP contribution in [0.2, 0.25) is 5.02 Å². The molecule has 1 N–H and O–H groups in total. The topological polar surface area (TPSA) is 75.7 Å². The molecule has 0 aliphatic carbocycles. The first kappa shape index (κ1) is 20.4. The number of nitrogens with one attached hydrogen (secondary N) is 1. The van der Waals surface area contributed by atoms with Gasteiger partial charge >= 0.3 is 0 Å². The number of nitrogens with zero attached hydrogens (tertiary/aromatic N) is 1. The Morgan fingerprint density at radius 2 is 1.89 bits per heavy atom. The number of ether oxygens (including phenoxy) is 1. The molecule has 3 rings (SSSR count). The van der Waals surface area contributed by atoms with Crippen LogP contribution in [0.5, 0.6) is 5.75 Å². The van der Waals surface area contributed by atoms with Gasteiger partial charge in [0.25, 0.3) is 5.91 Å². The van der Waals surface area contributed by atoms with Crippen LogP contribution in [0.1, 0.15) is 16.7 Å². The van der Waals surface area contributed by atoms with Gasteiger partial charge in [0.05, 0.1) is 10.5 Å². The number of sulfonamides is 1. The molecule has 0 aromatic heterocycles. The summed E-state index contributed by atoms with van der Waals surface area (Å²) >= 11 is 6.01. The lowest BCUT2D eigenvalue weighted by atomic mass is 10.1. The van der Waals surface area contributed by atoms with Gasteiger partial charge in [0.2, 0.25) is 10.0 Å². The number of rotatable bonds is 4. The van der Waals surface area contributed by atoms with Gasteiger partial charge in [0.15, 0.2) is 0 Å². The Labute approximate surface area is 169 Å². The molecule has 1 amide bonds. The molecule has 0 saturated carbocycles. The fourth-order valence-electron chi connectivity index (χ4n) is 2.80. The molecule has 2 aromatic rings. The zero-order valence-electron chi connectivity index (χ0n) is 16.0. The number of hydrogen-bond acceptors (Lipinski definition) is 4. The van der Waals surface area contributed by atoms with Gasteiger partial charge in [0.1, 0.15) is 12.4 Å². The Kier molecular flexibility index (Phi) is 5.52. The Morgan fingerprint density at radius 1 is 1.18 bits per heavy atom. The Morgan fingerprint density at radius 3 is 2.57 bits per heavy atom. The maximum Gasteiger partial charge on any atom is 0.255 e. The van der Waals surface area contributed by atoms with Crippen LogP contribution in [0.15, 0.2) is 40.8 Å². The van der Waals surface area contributed by atoms with Gasteiger partial charge < -0.3 is 10.1 Å². The molecule has 0 bridgehead atoms. The molecule has 1 aliphatic rings. The minimum absolute atomic E-state index is 0.119. The smallest absolute Gasteiger partial charge is 0.255 e. The van der Waals surface area contributed by atoms with E-state index in [1.165, 1.54) is 20.2 Å². The van der Waals surface area contributed by atoms with Crippen LogP contribution < -0.4 is 10.1 Å². The summed E-state index contributed by atoms with van der Waals surface area (Å²) in [7, 11) is -0.680. The highest BCUT2D eigenvalue weighted by atomic mass is 35.5. The van der Waals surface area contributed by atoms with Crippen molar-refractivity contribution in [2.75, 3.05) is 26.0 Å². The molecule has 2 aromatic carbocycles. The number of amides is 1. The van der Waals surface area contributed by atoms with E-state index in [0.717, 1.165) is 21.0 Å². The van der Waals surface area contributed by atoms with E-state index < -0.39 is 10.0 Å².